The van der Waals surface area contributed by atoms with Gasteiger partial charge in [-0.15, -0.1) is 0 Å². The third kappa shape index (κ3) is 2.78. The summed E-state index contributed by atoms with van der Waals surface area (Å²) in [5.41, 5.74) is 6.22. The lowest BCUT2D eigenvalue weighted by molar-refractivity contribution is 0.318. The third-order valence-corrected chi connectivity index (χ3v) is 2.95. The van der Waals surface area contributed by atoms with E-state index < -0.39 is 5.82 Å². The summed E-state index contributed by atoms with van der Waals surface area (Å²) >= 11 is 2.13. The van der Waals surface area contributed by atoms with Crippen LogP contribution in [0.15, 0.2) is 35.7 Å². The molecule has 0 fully saturated rings. The Labute approximate surface area is 116 Å². The van der Waals surface area contributed by atoms with E-state index >= 15 is 0 Å². The van der Waals surface area contributed by atoms with Gasteiger partial charge in [-0.05, 0) is 28.7 Å². The van der Waals surface area contributed by atoms with Crippen molar-refractivity contribution in [2.24, 2.45) is 10.9 Å². The molecule has 3 N–H and O–H groups in total. The minimum absolute atomic E-state index is 0.117. The summed E-state index contributed by atoms with van der Waals surface area (Å²) in [5.74, 6) is -0.529. The number of aromatic nitrogens is 2. The maximum Gasteiger partial charge on any atom is 0.170 e. The van der Waals surface area contributed by atoms with Crippen molar-refractivity contribution in [2.75, 3.05) is 0 Å². The SMILES string of the molecule is NC(=NO)c1ccc(Cn2cc(I)cn2)c(F)c1. The predicted octanol–water partition coefficient (Wildman–Crippen LogP) is 1.77. The van der Waals surface area contributed by atoms with Crippen molar-refractivity contribution >= 4 is 28.4 Å². The lowest BCUT2D eigenvalue weighted by Gasteiger charge is -2.05. The topological polar surface area (TPSA) is 76.4 Å². The second kappa shape index (κ2) is 5.34. The molecule has 7 heteroatoms. The molecule has 2 aromatic rings. The van der Waals surface area contributed by atoms with Crippen molar-refractivity contribution in [2.45, 2.75) is 6.54 Å². The summed E-state index contributed by atoms with van der Waals surface area (Å²) < 4.78 is 16.4. The highest BCUT2D eigenvalue weighted by molar-refractivity contribution is 14.1. The molecule has 0 saturated carbocycles. The Kier molecular flexibility index (Phi) is 3.80. The molecule has 1 aromatic heterocycles. The van der Waals surface area contributed by atoms with Gasteiger partial charge in [0.15, 0.2) is 5.84 Å². The zero-order valence-electron chi connectivity index (χ0n) is 9.22. The van der Waals surface area contributed by atoms with E-state index in [-0.39, 0.29) is 5.84 Å². The first-order chi connectivity index (χ1) is 8.60. The van der Waals surface area contributed by atoms with Crippen LogP contribution in [0.3, 0.4) is 0 Å². The van der Waals surface area contributed by atoms with Crippen molar-refractivity contribution in [3.05, 3.63) is 51.1 Å². The molecule has 2 rings (SSSR count). The second-order valence-corrected chi connectivity index (χ2v) is 4.89. The molecule has 18 heavy (non-hydrogen) atoms. The summed E-state index contributed by atoms with van der Waals surface area (Å²) in [7, 11) is 0. The van der Waals surface area contributed by atoms with Crippen LogP contribution in [0.1, 0.15) is 11.1 Å². The number of halogens is 2. The number of nitrogens with two attached hydrogens (primary N) is 1. The van der Waals surface area contributed by atoms with Crippen LogP contribution in [0.25, 0.3) is 0 Å². The molecule has 0 amide bonds. The minimum atomic E-state index is -0.412. The maximum absolute atomic E-state index is 13.8. The monoisotopic (exact) mass is 360 g/mol. The Hall–Kier alpha value is -1.64. The lowest BCUT2D eigenvalue weighted by Crippen LogP contribution is -2.14. The quantitative estimate of drug-likeness (QED) is 0.288. The van der Waals surface area contributed by atoms with Crippen LogP contribution in [-0.2, 0) is 6.54 Å². The van der Waals surface area contributed by atoms with Crippen molar-refractivity contribution in [3.63, 3.8) is 0 Å². The molecule has 0 aliphatic heterocycles. The number of rotatable bonds is 3. The number of benzene rings is 1. The summed E-state index contributed by atoms with van der Waals surface area (Å²) in [6, 6.07) is 4.43. The Bertz CT molecular complexity index is 596. The molecule has 0 bridgehead atoms. The van der Waals surface area contributed by atoms with E-state index in [1.807, 2.05) is 6.20 Å². The van der Waals surface area contributed by atoms with E-state index in [1.165, 1.54) is 6.07 Å². The van der Waals surface area contributed by atoms with Gasteiger partial charge in [0.1, 0.15) is 5.82 Å². The fourth-order valence-corrected chi connectivity index (χ4v) is 1.94. The van der Waals surface area contributed by atoms with Gasteiger partial charge >= 0.3 is 0 Å². The van der Waals surface area contributed by atoms with Crippen molar-refractivity contribution in [1.29, 1.82) is 0 Å². The number of oxime groups is 1. The van der Waals surface area contributed by atoms with E-state index in [2.05, 4.69) is 32.8 Å². The van der Waals surface area contributed by atoms with Crippen LogP contribution in [0.4, 0.5) is 4.39 Å². The van der Waals surface area contributed by atoms with Gasteiger partial charge in [-0.1, -0.05) is 17.3 Å². The lowest BCUT2D eigenvalue weighted by atomic mass is 10.1. The molecule has 0 aliphatic rings. The summed E-state index contributed by atoms with van der Waals surface area (Å²) in [5, 5.41) is 15.4. The Morgan fingerprint density at radius 1 is 1.56 bits per heavy atom. The average Bonchev–Trinajstić information content (AvgIpc) is 2.76. The van der Waals surface area contributed by atoms with E-state index in [0.717, 1.165) is 3.57 Å². The Morgan fingerprint density at radius 3 is 2.89 bits per heavy atom. The van der Waals surface area contributed by atoms with Crippen LogP contribution >= 0.6 is 22.6 Å². The number of hydrogen-bond acceptors (Lipinski definition) is 3. The molecule has 1 heterocycles. The van der Waals surface area contributed by atoms with Gasteiger partial charge in [0, 0.05) is 17.3 Å². The second-order valence-electron chi connectivity index (χ2n) is 3.65. The van der Waals surface area contributed by atoms with Gasteiger partial charge in [0.05, 0.1) is 16.3 Å². The fraction of sp³-hybridized carbons (Fsp3) is 0.0909. The summed E-state index contributed by atoms with van der Waals surface area (Å²) in [4.78, 5) is 0. The molecule has 1 aromatic carbocycles. The van der Waals surface area contributed by atoms with E-state index in [0.29, 0.717) is 17.7 Å². The molecular formula is C11H10FIN4O. The van der Waals surface area contributed by atoms with Crippen LogP contribution < -0.4 is 5.73 Å². The van der Waals surface area contributed by atoms with Gasteiger partial charge in [0.25, 0.3) is 0 Å². The van der Waals surface area contributed by atoms with Gasteiger partial charge in [-0.3, -0.25) is 4.68 Å². The summed E-state index contributed by atoms with van der Waals surface area (Å²) in [6.07, 6.45) is 3.51. The number of nitrogens with zero attached hydrogens (tertiary/aromatic N) is 3. The van der Waals surface area contributed by atoms with Crippen LogP contribution in [0.5, 0.6) is 0 Å². The van der Waals surface area contributed by atoms with Gasteiger partial charge in [-0.2, -0.15) is 5.10 Å². The molecule has 0 radical (unpaired) electrons. The number of hydrogen-bond donors (Lipinski definition) is 2. The fourth-order valence-electron chi connectivity index (χ4n) is 1.49. The summed E-state index contributed by atoms with van der Waals surface area (Å²) in [6.45, 7) is 0.339. The molecule has 0 atom stereocenters. The zero-order valence-corrected chi connectivity index (χ0v) is 11.4. The molecule has 0 unspecified atom stereocenters. The normalized spacial score (nSPS) is 11.8. The average molecular weight is 360 g/mol. The molecule has 0 saturated heterocycles. The smallest absolute Gasteiger partial charge is 0.170 e. The maximum atomic E-state index is 13.8. The zero-order chi connectivity index (χ0) is 13.1. The molecule has 5 nitrogen and oxygen atoms in total. The highest BCUT2D eigenvalue weighted by Gasteiger charge is 2.07. The first kappa shape index (κ1) is 12.8. The van der Waals surface area contributed by atoms with Crippen LogP contribution in [-0.4, -0.2) is 20.8 Å². The van der Waals surface area contributed by atoms with Crippen molar-refractivity contribution < 1.29 is 9.60 Å². The highest BCUT2D eigenvalue weighted by Crippen LogP contribution is 2.12. The van der Waals surface area contributed by atoms with Gasteiger partial charge < -0.3 is 10.9 Å². The molecule has 94 valence electrons. The third-order valence-electron chi connectivity index (χ3n) is 2.39. The Morgan fingerprint density at radius 2 is 2.33 bits per heavy atom. The number of amidine groups is 1. The van der Waals surface area contributed by atoms with Gasteiger partial charge in [-0.25, -0.2) is 4.39 Å². The largest absolute Gasteiger partial charge is 0.409 e. The van der Waals surface area contributed by atoms with Gasteiger partial charge in [0.2, 0.25) is 0 Å². The Balaban J connectivity index is 2.25. The van der Waals surface area contributed by atoms with Crippen LogP contribution in [0.2, 0.25) is 0 Å². The first-order valence-corrected chi connectivity index (χ1v) is 6.12. The minimum Gasteiger partial charge on any atom is -0.409 e. The first-order valence-electron chi connectivity index (χ1n) is 5.04. The van der Waals surface area contributed by atoms with E-state index in [4.69, 9.17) is 10.9 Å². The van der Waals surface area contributed by atoms with E-state index in [1.54, 1.807) is 23.0 Å². The van der Waals surface area contributed by atoms with Crippen LogP contribution in [0, 0.1) is 9.39 Å². The molecular weight excluding hydrogens is 350 g/mol. The molecule has 0 aliphatic carbocycles. The van der Waals surface area contributed by atoms with Crippen molar-refractivity contribution in [1.82, 2.24) is 9.78 Å². The van der Waals surface area contributed by atoms with E-state index in [9.17, 15) is 4.39 Å². The molecule has 0 spiro atoms. The predicted molar refractivity (Wildman–Crippen MR) is 73.0 cm³/mol. The van der Waals surface area contributed by atoms with Crippen molar-refractivity contribution in [3.8, 4) is 0 Å². The standard InChI is InChI=1S/C11H10FIN4O/c12-10-3-7(11(14)16-18)1-2-8(10)5-17-6-9(13)4-15-17/h1-4,6,18H,5H2,(H2,14,16). The highest BCUT2D eigenvalue weighted by atomic mass is 127.